The number of H-pyrrole nitrogens is 1. The number of nitrogens with one attached hydrogen (secondary N) is 1. The van der Waals surface area contributed by atoms with Crippen LogP contribution in [0, 0.1) is 10.1 Å². The Morgan fingerprint density at radius 2 is 1.89 bits per heavy atom. The van der Waals surface area contributed by atoms with Gasteiger partial charge in [0.05, 0.1) is 16.7 Å². The van der Waals surface area contributed by atoms with Crippen LogP contribution in [0.1, 0.15) is 0 Å². The van der Waals surface area contributed by atoms with Gasteiger partial charge in [-0.25, -0.2) is 0 Å². The van der Waals surface area contributed by atoms with Crippen LogP contribution in [0.3, 0.4) is 0 Å². The minimum atomic E-state index is -0.372. The first-order chi connectivity index (χ1) is 8.77. The summed E-state index contributed by atoms with van der Waals surface area (Å²) >= 11 is 0. The molecule has 0 aliphatic heterocycles. The number of fused-ring (bicyclic) bond motifs is 1. The maximum atomic E-state index is 11.3. The highest BCUT2D eigenvalue weighted by Gasteiger charge is 2.20. The first-order valence-electron chi connectivity index (χ1n) is 5.43. The molecule has 5 nitrogen and oxygen atoms in total. The number of hydrogen-bond donors (Lipinski definition) is 1. The second kappa shape index (κ2) is 3.96. The Morgan fingerprint density at radius 1 is 1.11 bits per heavy atom. The van der Waals surface area contributed by atoms with Crippen molar-refractivity contribution in [2.45, 2.75) is 0 Å². The van der Waals surface area contributed by atoms with E-state index in [0.717, 1.165) is 10.9 Å². The average molecular weight is 239 g/mol. The predicted molar refractivity (Wildman–Crippen MR) is 68.2 cm³/mol. The fourth-order valence-electron chi connectivity index (χ4n) is 2.04. The number of nitrogens with zero attached hydrogens (tertiary/aromatic N) is 2. The lowest BCUT2D eigenvalue weighted by molar-refractivity contribution is -0.382. The SMILES string of the molecule is O=[N+]([O-])c1c(-c2ccccc2)ccc2cn[nH]c12. The van der Waals surface area contributed by atoms with Crippen LogP contribution in [-0.2, 0) is 0 Å². The zero-order valence-corrected chi connectivity index (χ0v) is 9.33. The molecule has 0 amide bonds. The van der Waals surface area contributed by atoms with Gasteiger partial charge in [-0.1, -0.05) is 36.4 Å². The third-order valence-electron chi connectivity index (χ3n) is 2.86. The van der Waals surface area contributed by atoms with Gasteiger partial charge in [0, 0.05) is 5.39 Å². The summed E-state index contributed by atoms with van der Waals surface area (Å²) < 4.78 is 0. The Labute approximate surface area is 102 Å². The van der Waals surface area contributed by atoms with Crippen molar-refractivity contribution in [1.82, 2.24) is 10.2 Å². The molecule has 1 heterocycles. The van der Waals surface area contributed by atoms with Gasteiger partial charge in [0.25, 0.3) is 0 Å². The Kier molecular flexibility index (Phi) is 2.30. The van der Waals surface area contributed by atoms with Crippen LogP contribution >= 0.6 is 0 Å². The number of hydrogen-bond acceptors (Lipinski definition) is 3. The third kappa shape index (κ3) is 1.53. The van der Waals surface area contributed by atoms with Gasteiger partial charge in [-0.3, -0.25) is 15.2 Å². The topological polar surface area (TPSA) is 71.8 Å². The Morgan fingerprint density at radius 3 is 2.61 bits per heavy atom. The van der Waals surface area contributed by atoms with Crippen LogP contribution in [0.4, 0.5) is 5.69 Å². The van der Waals surface area contributed by atoms with Crippen molar-refractivity contribution in [3.05, 3.63) is 58.8 Å². The normalized spacial score (nSPS) is 10.7. The molecule has 0 saturated heterocycles. The largest absolute Gasteiger partial charge is 0.302 e. The van der Waals surface area contributed by atoms with E-state index in [1.165, 1.54) is 0 Å². The molecule has 5 heteroatoms. The van der Waals surface area contributed by atoms with E-state index in [1.54, 1.807) is 12.3 Å². The van der Waals surface area contributed by atoms with Crippen LogP contribution in [0.15, 0.2) is 48.7 Å². The quantitative estimate of drug-likeness (QED) is 0.551. The zero-order valence-electron chi connectivity index (χ0n) is 9.33. The molecule has 18 heavy (non-hydrogen) atoms. The van der Waals surface area contributed by atoms with Crippen LogP contribution in [0.25, 0.3) is 22.0 Å². The lowest BCUT2D eigenvalue weighted by Crippen LogP contribution is -1.93. The third-order valence-corrected chi connectivity index (χ3v) is 2.86. The van der Waals surface area contributed by atoms with E-state index in [4.69, 9.17) is 0 Å². The van der Waals surface area contributed by atoms with Gasteiger partial charge in [0.2, 0.25) is 0 Å². The summed E-state index contributed by atoms with van der Waals surface area (Å²) in [4.78, 5) is 10.9. The minimum absolute atomic E-state index is 0.0659. The first kappa shape index (κ1) is 10.5. The molecule has 0 spiro atoms. The summed E-state index contributed by atoms with van der Waals surface area (Å²) in [7, 11) is 0. The molecular weight excluding hydrogens is 230 g/mol. The number of aromatic nitrogens is 2. The van der Waals surface area contributed by atoms with Gasteiger partial charge in [-0.15, -0.1) is 0 Å². The highest BCUT2D eigenvalue weighted by molar-refractivity contribution is 5.95. The van der Waals surface area contributed by atoms with E-state index in [9.17, 15) is 10.1 Å². The Bertz CT molecular complexity index is 719. The number of aromatic amines is 1. The maximum absolute atomic E-state index is 11.3. The smallest absolute Gasteiger partial charge is 0.271 e. The van der Waals surface area contributed by atoms with Crippen molar-refractivity contribution in [3.63, 3.8) is 0 Å². The lowest BCUT2D eigenvalue weighted by Gasteiger charge is -2.03. The molecule has 0 fully saturated rings. The fraction of sp³-hybridized carbons (Fsp3) is 0. The lowest BCUT2D eigenvalue weighted by atomic mass is 10.0. The number of rotatable bonds is 2. The molecule has 3 rings (SSSR count). The average Bonchev–Trinajstić information content (AvgIpc) is 2.86. The molecule has 3 aromatic rings. The van der Waals surface area contributed by atoms with Crippen LogP contribution < -0.4 is 0 Å². The number of nitro benzene ring substituents is 1. The highest BCUT2D eigenvalue weighted by Crippen LogP contribution is 2.34. The van der Waals surface area contributed by atoms with Gasteiger partial charge < -0.3 is 0 Å². The van der Waals surface area contributed by atoms with Gasteiger partial charge in [-0.05, 0) is 11.6 Å². The van der Waals surface area contributed by atoms with Gasteiger partial charge in [-0.2, -0.15) is 5.10 Å². The van der Waals surface area contributed by atoms with Crippen LogP contribution in [0.2, 0.25) is 0 Å². The van der Waals surface area contributed by atoms with Crippen molar-refractivity contribution in [3.8, 4) is 11.1 Å². The summed E-state index contributed by atoms with van der Waals surface area (Å²) in [5, 5.41) is 18.5. The number of nitro groups is 1. The molecule has 0 unspecified atom stereocenters. The molecular formula is C13H9N3O2. The zero-order chi connectivity index (χ0) is 12.5. The second-order valence-corrected chi connectivity index (χ2v) is 3.92. The molecule has 0 atom stereocenters. The summed E-state index contributed by atoms with van der Waals surface area (Å²) in [5.74, 6) is 0. The van der Waals surface area contributed by atoms with Crippen molar-refractivity contribution >= 4 is 16.6 Å². The molecule has 0 aliphatic rings. The first-order valence-corrected chi connectivity index (χ1v) is 5.43. The van der Waals surface area contributed by atoms with Crippen molar-refractivity contribution in [1.29, 1.82) is 0 Å². The van der Waals surface area contributed by atoms with Crippen molar-refractivity contribution in [2.75, 3.05) is 0 Å². The molecule has 0 radical (unpaired) electrons. The Balaban J connectivity index is 2.35. The Hall–Kier alpha value is -2.69. The molecule has 88 valence electrons. The van der Waals surface area contributed by atoms with E-state index in [0.29, 0.717) is 11.1 Å². The summed E-state index contributed by atoms with van der Waals surface area (Å²) in [6, 6.07) is 12.9. The monoisotopic (exact) mass is 239 g/mol. The maximum Gasteiger partial charge on any atom is 0.302 e. The van der Waals surface area contributed by atoms with Crippen molar-refractivity contribution < 1.29 is 4.92 Å². The summed E-state index contributed by atoms with van der Waals surface area (Å²) in [6.45, 7) is 0. The highest BCUT2D eigenvalue weighted by atomic mass is 16.6. The van der Waals surface area contributed by atoms with E-state index in [2.05, 4.69) is 10.2 Å². The molecule has 2 aromatic carbocycles. The summed E-state index contributed by atoms with van der Waals surface area (Å²) in [5.41, 5.74) is 1.94. The van der Waals surface area contributed by atoms with Gasteiger partial charge in [0.1, 0.15) is 5.52 Å². The van der Waals surface area contributed by atoms with Crippen molar-refractivity contribution in [2.24, 2.45) is 0 Å². The standard InChI is InChI=1S/C13H9N3O2/c17-16(18)13-11(9-4-2-1-3-5-9)7-6-10-8-14-15-12(10)13/h1-8H,(H,14,15). The van der Waals surface area contributed by atoms with E-state index >= 15 is 0 Å². The number of benzene rings is 2. The minimum Gasteiger partial charge on any atom is -0.271 e. The predicted octanol–water partition coefficient (Wildman–Crippen LogP) is 3.14. The van der Waals surface area contributed by atoms with Crippen LogP contribution in [-0.4, -0.2) is 15.1 Å². The van der Waals surface area contributed by atoms with Crippen LogP contribution in [0.5, 0.6) is 0 Å². The second-order valence-electron chi connectivity index (χ2n) is 3.92. The molecule has 0 aliphatic carbocycles. The van der Waals surface area contributed by atoms with Gasteiger partial charge >= 0.3 is 5.69 Å². The van der Waals surface area contributed by atoms with E-state index in [1.807, 2.05) is 36.4 Å². The molecule has 0 saturated carbocycles. The molecule has 1 aromatic heterocycles. The molecule has 1 N–H and O–H groups in total. The van der Waals surface area contributed by atoms with Gasteiger partial charge in [0.15, 0.2) is 0 Å². The fourth-order valence-corrected chi connectivity index (χ4v) is 2.04. The van der Waals surface area contributed by atoms with E-state index in [-0.39, 0.29) is 10.6 Å². The van der Waals surface area contributed by atoms with E-state index < -0.39 is 0 Å². The molecule has 0 bridgehead atoms. The summed E-state index contributed by atoms with van der Waals surface area (Å²) in [6.07, 6.45) is 1.58.